The zero-order valence-corrected chi connectivity index (χ0v) is 20.8. The van der Waals surface area contributed by atoms with Gasteiger partial charge in [-0.15, -0.1) is 0 Å². The summed E-state index contributed by atoms with van der Waals surface area (Å²) in [7, 11) is 0. The van der Waals surface area contributed by atoms with Crippen molar-refractivity contribution in [1.29, 1.82) is 0 Å². The summed E-state index contributed by atoms with van der Waals surface area (Å²) >= 11 is 0. The molecule has 0 N–H and O–H groups in total. The molecule has 0 aromatic heterocycles. The third-order valence-electron chi connectivity index (χ3n) is 7.54. The van der Waals surface area contributed by atoms with E-state index in [4.69, 9.17) is 6.30 Å². The third-order valence-corrected chi connectivity index (χ3v) is 11.0. The van der Waals surface area contributed by atoms with Gasteiger partial charge in [0.2, 0.25) is 0 Å². The monoisotopic (exact) mass is 476 g/mol. The number of fused-ring (bicyclic) bond motifs is 6. The first-order valence-corrected chi connectivity index (χ1v) is 14.3. The number of rotatable bonds is 3. The smallest absolute Gasteiger partial charge is 0.0105 e. The Hall–Kier alpha value is -4.12. The first-order valence-electron chi connectivity index (χ1n) is 12.3. The van der Waals surface area contributed by atoms with E-state index in [2.05, 4.69) is 140 Å². The van der Waals surface area contributed by atoms with Crippen molar-refractivity contribution in [1.82, 2.24) is 0 Å². The Balaban J connectivity index is 1.49. The second-order valence-corrected chi connectivity index (χ2v) is 12.7. The Bertz CT molecular complexity index is 1840. The minimum absolute atomic E-state index is 1.27. The van der Waals surface area contributed by atoms with E-state index in [9.17, 15) is 0 Å². The van der Waals surface area contributed by atoms with E-state index in [0.29, 0.717) is 0 Å². The van der Waals surface area contributed by atoms with Gasteiger partial charge in [0.1, 0.15) is 0 Å². The second kappa shape index (κ2) is 8.23. The van der Waals surface area contributed by atoms with E-state index < -0.39 is 6.89 Å². The van der Waals surface area contributed by atoms with Crippen LogP contribution in [0.3, 0.4) is 0 Å². The summed E-state index contributed by atoms with van der Waals surface area (Å²) in [6.45, 7) is -2.11. The lowest BCUT2D eigenvalue weighted by atomic mass is 10.0. The van der Waals surface area contributed by atoms with Crippen LogP contribution in [0.2, 0.25) is 0 Å². The van der Waals surface area contributed by atoms with Crippen LogP contribution < -0.4 is 15.9 Å². The number of hydrogen-bond acceptors (Lipinski definition) is 0. The molecular weight excluding hydrogens is 451 g/mol. The maximum absolute atomic E-state index is 5.03. The van der Waals surface area contributed by atoms with Crippen molar-refractivity contribution in [2.45, 2.75) is 0 Å². The van der Waals surface area contributed by atoms with E-state index >= 15 is 0 Å². The summed E-state index contributed by atoms with van der Waals surface area (Å²) in [5.41, 5.74) is 0. The molecule has 0 amide bonds. The van der Waals surface area contributed by atoms with Gasteiger partial charge in [-0.1, -0.05) is 134 Å². The molecule has 0 aliphatic heterocycles. The summed E-state index contributed by atoms with van der Waals surface area (Å²) in [6, 6.07) is 51.0. The molecule has 7 rings (SSSR count). The molecule has 0 aliphatic carbocycles. The molecule has 0 radical (unpaired) electrons. The molecule has 0 nitrogen and oxygen atoms in total. The van der Waals surface area contributed by atoms with Crippen LogP contribution in [0.5, 0.6) is 0 Å². The summed E-state index contributed by atoms with van der Waals surface area (Å²) in [5.74, 6) is 0. The average molecular weight is 477 g/mol. The summed E-state index contributed by atoms with van der Waals surface area (Å²) in [5, 5.41) is 14.2. The van der Waals surface area contributed by atoms with E-state index in [-0.39, 0.29) is 0 Å². The van der Waals surface area contributed by atoms with Crippen LogP contribution in [0, 0.1) is 0 Å². The highest BCUT2D eigenvalue weighted by Gasteiger charge is 2.23. The summed E-state index contributed by atoms with van der Waals surface area (Å²) in [4.78, 5) is 0. The highest BCUT2D eigenvalue weighted by Crippen LogP contribution is 2.43. The van der Waals surface area contributed by atoms with Gasteiger partial charge in [-0.2, -0.15) is 0 Å². The predicted molar refractivity (Wildman–Crippen MR) is 162 cm³/mol. The van der Waals surface area contributed by atoms with Crippen LogP contribution in [-0.2, 0) is 0 Å². The van der Waals surface area contributed by atoms with E-state index in [1.165, 1.54) is 59.0 Å². The molecule has 0 saturated carbocycles. The molecule has 0 aliphatic rings. The molecule has 0 saturated heterocycles. The zero-order valence-electron chi connectivity index (χ0n) is 19.9. The van der Waals surface area contributed by atoms with Gasteiger partial charge in [-0.05, 0) is 78.0 Å². The summed E-state index contributed by atoms with van der Waals surface area (Å²) in [6.07, 6.45) is 5.03. The Labute approximate surface area is 211 Å². The molecule has 0 atom stereocenters. The van der Waals surface area contributed by atoms with Crippen LogP contribution >= 0.6 is 6.89 Å². The highest BCUT2D eigenvalue weighted by atomic mass is 31.2. The molecule has 0 bridgehead atoms. The van der Waals surface area contributed by atoms with E-state index in [1.54, 1.807) is 0 Å². The van der Waals surface area contributed by atoms with Gasteiger partial charge in [0.25, 0.3) is 0 Å². The first-order chi connectivity index (χ1) is 17.7. The largest absolute Gasteiger partial charge is 0.0887 e. The van der Waals surface area contributed by atoms with Crippen molar-refractivity contribution in [2.24, 2.45) is 0 Å². The maximum atomic E-state index is 5.03. The molecular formula is C35H25P. The SMILES string of the molecule is C=P(c1ccccc1)(c1ccc2c(ccc3ccccc32)c1)c1ccc2c(ccc3ccccc32)c1. The normalized spacial score (nSPS) is 12.0. The number of benzene rings is 7. The van der Waals surface area contributed by atoms with Crippen LogP contribution in [0.25, 0.3) is 43.1 Å². The lowest BCUT2D eigenvalue weighted by molar-refractivity contribution is 1.76. The first kappa shape index (κ1) is 21.2. The molecule has 0 heterocycles. The second-order valence-electron chi connectivity index (χ2n) is 9.53. The van der Waals surface area contributed by atoms with Crippen LogP contribution in [-0.4, -0.2) is 6.30 Å². The van der Waals surface area contributed by atoms with Gasteiger partial charge in [0.15, 0.2) is 0 Å². The van der Waals surface area contributed by atoms with Gasteiger partial charge in [-0.25, -0.2) is 0 Å². The van der Waals surface area contributed by atoms with Crippen molar-refractivity contribution in [3.8, 4) is 0 Å². The lowest BCUT2D eigenvalue weighted by Crippen LogP contribution is -2.25. The molecule has 1 heteroatoms. The van der Waals surface area contributed by atoms with Gasteiger partial charge < -0.3 is 0 Å². The quantitative estimate of drug-likeness (QED) is 0.179. The zero-order chi connectivity index (χ0) is 24.1. The van der Waals surface area contributed by atoms with Crippen molar-refractivity contribution < 1.29 is 0 Å². The predicted octanol–water partition coefficient (Wildman–Crippen LogP) is 8.03. The molecule has 170 valence electrons. The van der Waals surface area contributed by atoms with Crippen LogP contribution in [0.15, 0.2) is 140 Å². The minimum atomic E-state index is -2.11. The van der Waals surface area contributed by atoms with Crippen molar-refractivity contribution in [3.63, 3.8) is 0 Å². The molecule has 7 aromatic carbocycles. The summed E-state index contributed by atoms with van der Waals surface area (Å²) < 4.78 is 0. The van der Waals surface area contributed by atoms with E-state index in [0.717, 1.165) is 0 Å². The van der Waals surface area contributed by atoms with Crippen LogP contribution in [0.4, 0.5) is 0 Å². The van der Waals surface area contributed by atoms with Gasteiger partial charge >= 0.3 is 0 Å². The maximum Gasteiger partial charge on any atom is -0.0105 e. The van der Waals surface area contributed by atoms with E-state index in [1.807, 2.05) is 0 Å². The lowest BCUT2D eigenvalue weighted by Gasteiger charge is -2.27. The topological polar surface area (TPSA) is 0 Å². The van der Waals surface area contributed by atoms with Crippen molar-refractivity contribution in [3.05, 3.63) is 140 Å². The van der Waals surface area contributed by atoms with Gasteiger partial charge in [0, 0.05) is 0 Å². The molecule has 0 spiro atoms. The highest BCUT2D eigenvalue weighted by molar-refractivity contribution is 7.93. The Morgan fingerprint density at radius 2 is 0.750 bits per heavy atom. The Morgan fingerprint density at radius 3 is 1.28 bits per heavy atom. The third kappa shape index (κ3) is 3.23. The van der Waals surface area contributed by atoms with Gasteiger partial charge in [-0.3, -0.25) is 0 Å². The minimum Gasteiger partial charge on any atom is -0.0887 e. The Morgan fingerprint density at radius 1 is 0.333 bits per heavy atom. The van der Waals surface area contributed by atoms with Crippen molar-refractivity contribution >= 4 is 72.2 Å². The molecule has 0 fully saturated rings. The van der Waals surface area contributed by atoms with Crippen LogP contribution in [0.1, 0.15) is 0 Å². The number of hydrogen-bond donors (Lipinski definition) is 0. The Kier molecular flexibility index (Phi) is 4.84. The fraction of sp³-hybridized carbons (Fsp3) is 0. The molecule has 36 heavy (non-hydrogen) atoms. The van der Waals surface area contributed by atoms with Gasteiger partial charge in [0.05, 0.1) is 0 Å². The molecule has 0 unspecified atom stereocenters. The fourth-order valence-electron chi connectivity index (χ4n) is 5.61. The average Bonchev–Trinajstić information content (AvgIpc) is 2.96. The standard InChI is InChI=1S/C35H25P/c1-36(29-11-3-2-4-12-29,30-19-21-34-27(23-30)17-15-25-9-5-7-13-32(25)34)31-20-22-35-28(24-31)18-16-26-10-6-8-14-33(26)35/h2-24H,1H2. The molecule has 7 aromatic rings. The fourth-order valence-corrected chi connectivity index (χ4v) is 8.56. The van der Waals surface area contributed by atoms with Crippen molar-refractivity contribution in [2.75, 3.05) is 0 Å².